The van der Waals surface area contributed by atoms with E-state index in [1.54, 1.807) is 0 Å². The van der Waals surface area contributed by atoms with Crippen molar-refractivity contribution in [1.82, 2.24) is 0 Å². The minimum absolute atomic E-state index is 0.0310. The molecule has 1 aliphatic rings. The first-order valence-electron chi connectivity index (χ1n) is 4.25. The molecule has 0 aliphatic carbocycles. The normalized spacial score (nSPS) is 31.1. The van der Waals surface area contributed by atoms with E-state index in [9.17, 15) is 0 Å². The summed E-state index contributed by atoms with van der Waals surface area (Å²) < 4.78 is 16.0. The fourth-order valence-electron chi connectivity index (χ4n) is 1.19. The van der Waals surface area contributed by atoms with Crippen molar-refractivity contribution in [2.45, 2.75) is 39.3 Å². The molecular formula is C8H16O3. The summed E-state index contributed by atoms with van der Waals surface area (Å²) in [5.74, 6) is 0. The lowest BCUT2D eigenvalue weighted by atomic mass is 10.3. The molecule has 0 spiro atoms. The molecule has 0 bridgehead atoms. The van der Waals surface area contributed by atoms with Crippen LogP contribution in [-0.4, -0.2) is 25.8 Å². The van der Waals surface area contributed by atoms with Crippen LogP contribution < -0.4 is 0 Å². The largest absolute Gasteiger partial charge is 0.353 e. The topological polar surface area (TPSA) is 27.7 Å². The van der Waals surface area contributed by atoms with Crippen LogP contribution in [0.15, 0.2) is 0 Å². The van der Waals surface area contributed by atoms with Gasteiger partial charge in [0, 0.05) is 26.1 Å². The van der Waals surface area contributed by atoms with Crippen LogP contribution in [0.4, 0.5) is 0 Å². The van der Waals surface area contributed by atoms with E-state index >= 15 is 0 Å². The van der Waals surface area contributed by atoms with E-state index in [2.05, 4.69) is 0 Å². The van der Waals surface area contributed by atoms with E-state index in [1.165, 1.54) is 0 Å². The zero-order valence-electron chi connectivity index (χ0n) is 7.21. The molecule has 3 heteroatoms. The highest BCUT2D eigenvalue weighted by atomic mass is 16.8. The molecule has 0 aromatic heterocycles. The summed E-state index contributed by atoms with van der Waals surface area (Å²) in [6.07, 6.45) is 1.85. The number of rotatable bonds is 4. The highest BCUT2D eigenvalue weighted by molar-refractivity contribution is 4.59. The summed E-state index contributed by atoms with van der Waals surface area (Å²) in [6.45, 7) is 5.36. The molecule has 0 amide bonds. The highest BCUT2D eigenvalue weighted by Crippen LogP contribution is 2.20. The first-order chi connectivity index (χ1) is 5.36. The Hall–Kier alpha value is -0.120. The molecule has 1 fully saturated rings. The van der Waals surface area contributed by atoms with Crippen molar-refractivity contribution >= 4 is 0 Å². The Morgan fingerprint density at radius 3 is 1.91 bits per heavy atom. The maximum atomic E-state index is 5.40. The van der Waals surface area contributed by atoms with Crippen LogP contribution in [0.25, 0.3) is 0 Å². The molecular weight excluding hydrogens is 144 g/mol. The van der Waals surface area contributed by atoms with E-state index in [0.29, 0.717) is 13.2 Å². The quantitative estimate of drug-likeness (QED) is 0.624. The first kappa shape index (κ1) is 8.97. The van der Waals surface area contributed by atoms with E-state index < -0.39 is 0 Å². The second-order valence-corrected chi connectivity index (χ2v) is 2.48. The minimum Gasteiger partial charge on any atom is -0.353 e. The lowest BCUT2D eigenvalue weighted by molar-refractivity contribution is -0.201. The van der Waals surface area contributed by atoms with Crippen molar-refractivity contribution < 1.29 is 14.2 Å². The Bertz CT molecular complexity index is 93.5. The molecule has 1 aliphatic heterocycles. The maximum absolute atomic E-state index is 5.40. The molecule has 66 valence electrons. The summed E-state index contributed by atoms with van der Waals surface area (Å²) in [7, 11) is 0. The Morgan fingerprint density at radius 2 is 1.55 bits per heavy atom. The Morgan fingerprint density at radius 1 is 1.09 bits per heavy atom. The molecule has 0 unspecified atom stereocenters. The van der Waals surface area contributed by atoms with Gasteiger partial charge in [-0.05, 0) is 13.8 Å². The van der Waals surface area contributed by atoms with E-state index in [-0.39, 0.29) is 12.6 Å². The lowest BCUT2D eigenvalue weighted by Gasteiger charge is -2.12. The van der Waals surface area contributed by atoms with Crippen LogP contribution in [0.3, 0.4) is 0 Å². The van der Waals surface area contributed by atoms with Gasteiger partial charge in [0.25, 0.3) is 0 Å². The fraction of sp³-hybridized carbons (Fsp3) is 1.00. The molecule has 11 heavy (non-hydrogen) atoms. The monoisotopic (exact) mass is 160 g/mol. The smallest absolute Gasteiger partial charge is 0.160 e. The van der Waals surface area contributed by atoms with Crippen LogP contribution in [0, 0.1) is 0 Å². The van der Waals surface area contributed by atoms with Crippen LogP contribution in [0.1, 0.15) is 26.7 Å². The highest BCUT2D eigenvalue weighted by Gasteiger charge is 2.25. The Kier molecular flexibility index (Phi) is 3.83. The predicted molar refractivity (Wildman–Crippen MR) is 41.1 cm³/mol. The number of hydrogen-bond donors (Lipinski definition) is 0. The molecule has 1 saturated heterocycles. The molecule has 0 saturated carbocycles. The first-order valence-corrected chi connectivity index (χ1v) is 4.25. The van der Waals surface area contributed by atoms with Crippen LogP contribution in [0.5, 0.6) is 0 Å². The average Bonchev–Trinajstić information content (AvgIpc) is 2.38. The Balaban J connectivity index is 2.12. The van der Waals surface area contributed by atoms with Gasteiger partial charge in [0.2, 0.25) is 0 Å². The third-order valence-electron chi connectivity index (χ3n) is 1.65. The average molecular weight is 160 g/mol. The Labute approximate surface area is 67.6 Å². The van der Waals surface area contributed by atoms with Crippen molar-refractivity contribution in [1.29, 1.82) is 0 Å². The van der Waals surface area contributed by atoms with E-state index in [0.717, 1.165) is 12.8 Å². The molecule has 3 nitrogen and oxygen atoms in total. The van der Waals surface area contributed by atoms with Gasteiger partial charge in [-0.3, -0.25) is 0 Å². The van der Waals surface area contributed by atoms with Gasteiger partial charge in [0.05, 0.1) is 0 Å². The molecule has 1 rings (SSSR count). The molecule has 1 heterocycles. The zero-order valence-corrected chi connectivity index (χ0v) is 7.21. The third kappa shape index (κ3) is 2.77. The summed E-state index contributed by atoms with van der Waals surface area (Å²) >= 11 is 0. The summed E-state index contributed by atoms with van der Waals surface area (Å²) in [5, 5.41) is 0. The molecule has 0 N–H and O–H groups in total. The molecule has 0 aromatic carbocycles. The van der Waals surface area contributed by atoms with Crippen LogP contribution in [0.2, 0.25) is 0 Å². The van der Waals surface area contributed by atoms with E-state index in [4.69, 9.17) is 14.2 Å². The molecule has 0 aromatic rings. The van der Waals surface area contributed by atoms with E-state index in [1.807, 2.05) is 13.8 Å². The SMILES string of the molecule is CCO[C@@H]1CC[C@@H](OCC)O1. The van der Waals surface area contributed by atoms with Crippen LogP contribution >= 0.6 is 0 Å². The van der Waals surface area contributed by atoms with Crippen molar-refractivity contribution in [2.75, 3.05) is 13.2 Å². The summed E-state index contributed by atoms with van der Waals surface area (Å²) in [5.41, 5.74) is 0. The molecule has 0 radical (unpaired) electrons. The minimum atomic E-state index is -0.0310. The van der Waals surface area contributed by atoms with Crippen molar-refractivity contribution in [2.24, 2.45) is 0 Å². The van der Waals surface area contributed by atoms with Crippen molar-refractivity contribution in [3.8, 4) is 0 Å². The van der Waals surface area contributed by atoms with Gasteiger partial charge in [0.1, 0.15) is 0 Å². The number of ether oxygens (including phenoxy) is 3. The van der Waals surface area contributed by atoms with Crippen LogP contribution in [-0.2, 0) is 14.2 Å². The van der Waals surface area contributed by atoms with Gasteiger partial charge in [-0.25, -0.2) is 0 Å². The zero-order chi connectivity index (χ0) is 8.10. The van der Waals surface area contributed by atoms with Gasteiger partial charge in [-0.1, -0.05) is 0 Å². The van der Waals surface area contributed by atoms with Gasteiger partial charge in [-0.2, -0.15) is 0 Å². The second kappa shape index (κ2) is 4.70. The fourth-order valence-corrected chi connectivity index (χ4v) is 1.19. The summed E-state index contributed by atoms with van der Waals surface area (Å²) in [6, 6.07) is 0. The standard InChI is InChI=1S/C8H16O3/c1-3-9-7-5-6-8(11-7)10-4-2/h7-8H,3-6H2,1-2H3/t7-,8-/m0/s1. The lowest BCUT2D eigenvalue weighted by Crippen LogP contribution is -2.16. The van der Waals surface area contributed by atoms with Gasteiger partial charge < -0.3 is 14.2 Å². The van der Waals surface area contributed by atoms with Gasteiger partial charge in [-0.15, -0.1) is 0 Å². The second-order valence-electron chi connectivity index (χ2n) is 2.48. The number of hydrogen-bond acceptors (Lipinski definition) is 3. The van der Waals surface area contributed by atoms with Crippen molar-refractivity contribution in [3.05, 3.63) is 0 Å². The van der Waals surface area contributed by atoms with Gasteiger partial charge >= 0.3 is 0 Å². The maximum Gasteiger partial charge on any atom is 0.160 e. The molecule has 2 atom stereocenters. The predicted octanol–water partition coefficient (Wildman–Crippen LogP) is 1.52. The third-order valence-corrected chi connectivity index (χ3v) is 1.65. The van der Waals surface area contributed by atoms with Gasteiger partial charge in [0.15, 0.2) is 12.6 Å². The summed E-state index contributed by atoms with van der Waals surface area (Å²) in [4.78, 5) is 0. The van der Waals surface area contributed by atoms with Crippen molar-refractivity contribution in [3.63, 3.8) is 0 Å².